The summed E-state index contributed by atoms with van der Waals surface area (Å²) in [6.07, 6.45) is 0.580. The van der Waals surface area contributed by atoms with Crippen molar-refractivity contribution in [3.63, 3.8) is 0 Å². The van der Waals surface area contributed by atoms with Crippen molar-refractivity contribution >= 4 is 12.4 Å². The quantitative estimate of drug-likeness (QED) is 0.712. The number of carboxylic acids is 1. The van der Waals surface area contributed by atoms with Gasteiger partial charge in [0.2, 0.25) is 13.2 Å². The van der Waals surface area contributed by atoms with Crippen molar-refractivity contribution in [1.82, 2.24) is 5.32 Å². The molecule has 0 bridgehead atoms. The molecule has 2 rings (SSSR count). The highest BCUT2D eigenvalue weighted by Crippen LogP contribution is 2.32. The lowest BCUT2D eigenvalue weighted by Crippen LogP contribution is -2.37. The van der Waals surface area contributed by atoms with E-state index < -0.39 is 12.0 Å². The van der Waals surface area contributed by atoms with E-state index in [1.807, 2.05) is 0 Å². The zero-order valence-electron chi connectivity index (χ0n) is 8.88. The number of carbonyl (C=O) groups is 2. The van der Waals surface area contributed by atoms with Crippen LogP contribution in [-0.4, -0.2) is 30.3 Å². The summed E-state index contributed by atoms with van der Waals surface area (Å²) in [5.41, 5.74) is 0.760. The van der Waals surface area contributed by atoms with Crippen molar-refractivity contribution in [2.45, 2.75) is 12.5 Å². The number of amides is 1. The fourth-order valence-corrected chi connectivity index (χ4v) is 1.60. The van der Waals surface area contributed by atoms with Crippen LogP contribution in [0.2, 0.25) is 0 Å². The van der Waals surface area contributed by atoms with E-state index in [2.05, 4.69) is 5.32 Å². The average molecular weight is 237 g/mol. The summed E-state index contributed by atoms with van der Waals surface area (Å²) in [6, 6.07) is 4.24. The second-order valence-electron chi connectivity index (χ2n) is 3.57. The molecular formula is C11H11NO5. The minimum atomic E-state index is -1.07. The summed E-state index contributed by atoms with van der Waals surface area (Å²) in [5.74, 6) is 0.163. The molecule has 0 saturated carbocycles. The van der Waals surface area contributed by atoms with E-state index >= 15 is 0 Å². The maximum atomic E-state index is 10.9. The standard InChI is InChI=1S/C11H11NO5/c13-5-12-8(11(14)15)3-7-1-2-9-10(4-7)17-6-16-9/h1-2,4-5,8H,3,6H2,(H,12,13)(H,14,15). The number of rotatable bonds is 5. The first-order valence-corrected chi connectivity index (χ1v) is 5.01. The lowest BCUT2D eigenvalue weighted by atomic mass is 10.1. The minimum absolute atomic E-state index is 0.174. The van der Waals surface area contributed by atoms with E-state index in [0.717, 1.165) is 5.56 Å². The molecule has 6 nitrogen and oxygen atoms in total. The molecule has 17 heavy (non-hydrogen) atoms. The highest BCUT2D eigenvalue weighted by molar-refractivity contribution is 5.76. The van der Waals surface area contributed by atoms with E-state index in [4.69, 9.17) is 14.6 Å². The predicted octanol–water partition coefficient (Wildman–Crippen LogP) is 0.157. The number of benzene rings is 1. The van der Waals surface area contributed by atoms with E-state index in [0.29, 0.717) is 17.9 Å². The third-order valence-corrected chi connectivity index (χ3v) is 2.44. The second kappa shape index (κ2) is 4.73. The van der Waals surface area contributed by atoms with Crippen LogP contribution in [0.1, 0.15) is 5.56 Å². The molecule has 6 heteroatoms. The molecule has 1 aliphatic heterocycles. The molecule has 0 aromatic heterocycles. The Kier molecular flexibility index (Phi) is 3.13. The summed E-state index contributed by atoms with van der Waals surface area (Å²) in [5, 5.41) is 11.1. The van der Waals surface area contributed by atoms with E-state index in [1.54, 1.807) is 18.2 Å². The van der Waals surface area contributed by atoms with E-state index in [1.165, 1.54) is 0 Å². The van der Waals surface area contributed by atoms with Crippen molar-refractivity contribution in [3.8, 4) is 11.5 Å². The topological polar surface area (TPSA) is 84.9 Å². The van der Waals surface area contributed by atoms with Crippen molar-refractivity contribution < 1.29 is 24.2 Å². The number of aliphatic carboxylic acids is 1. The lowest BCUT2D eigenvalue weighted by molar-refractivity contribution is -0.140. The molecule has 0 spiro atoms. The lowest BCUT2D eigenvalue weighted by Gasteiger charge is -2.11. The van der Waals surface area contributed by atoms with Crippen molar-refractivity contribution in [2.24, 2.45) is 0 Å². The Morgan fingerprint density at radius 3 is 2.94 bits per heavy atom. The number of ether oxygens (including phenoxy) is 2. The molecule has 1 amide bonds. The van der Waals surface area contributed by atoms with Gasteiger partial charge in [0.25, 0.3) is 0 Å². The fourth-order valence-electron chi connectivity index (χ4n) is 1.60. The highest BCUT2D eigenvalue weighted by atomic mass is 16.7. The minimum Gasteiger partial charge on any atom is -0.480 e. The third-order valence-electron chi connectivity index (χ3n) is 2.44. The molecule has 0 fully saturated rings. The molecule has 0 aliphatic carbocycles. The number of hydrogen-bond acceptors (Lipinski definition) is 4. The molecule has 1 aliphatic rings. The van der Waals surface area contributed by atoms with Crippen molar-refractivity contribution in [2.75, 3.05) is 6.79 Å². The van der Waals surface area contributed by atoms with Gasteiger partial charge < -0.3 is 19.9 Å². The van der Waals surface area contributed by atoms with E-state index in [-0.39, 0.29) is 13.2 Å². The summed E-state index contributed by atoms with van der Waals surface area (Å²) in [4.78, 5) is 21.1. The van der Waals surface area contributed by atoms with Gasteiger partial charge >= 0.3 is 5.97 Å². The molecule has 1 unspecified atom stereocenters. The molecule has 1 heterocycles. The summed E-state index contributed by atoms with van der Waals surface area (Å²) in [7, 11) is 0. The number of carbonyl (C=O) groups excluding carboxylic acids is 1. The molecule has 0 saturated heterocycles. The van der Waals surface area contributed by atoms with Crippen molar-refractivity contribution in [1.29, 1.82) is 0 Å². The molecule has 1 aromatic rings. The van der Waals surface area contributed by atoms with Gasteiger partial charge in [-0.2, -0.15) is 0 Å². The van der Waals surface area contributed by atoms with Crippen LogP contribution in [0.4, 0.5) is 0 Å². The second-order valence-corrected chi connectivity index (χ2v) is 3.57. The zero-order valence-corrected chi connectivity index (χ0v) is 8.88. The van der Waals surface area contributed by atoms with Gasteiger partial charge in [0, 0.05) is 6.42 Å². The van der Waals surface area contributed by atoms with Crippen LogP contribution in [-0.2, 0) is 16.0 Å². The van der Waals surface area contributed by atoms with E-state index in [9.17, 15) is 9.59 Å². The van der Waals surface area contributed by atoms with Gasteiger partial charge in [0.05, 0.1) is 0 Å². The van der Waals surface area contributed by atoms with Crippen LogP contribution >= 0.6 is 0 Å². The van der Waals surface area contributed by atoms with Gasteiger partial charge in [0.1, 0.15) is 6.04 Å². The Bertz CT molecular complexity index is 445. The van der Waals surface area contributed by atoms with Gasteiger partial charge in [-0.25, -0.2) is 4.79 Å². The van der Waals surface area contributed by atoms with Crippen LogP contribution in [0.15, 0.2) is 18.2 Å². The van der Waals surface area contributed by atoms with Crippen molar-refractivity contribution in [3.05, 3.63) is 23.8 Å². The molecule has 0 radical (unpaired) electrons. The maximum absolute atomic E-state index is 10.9. The molecular weight excluding hydrogens is 226 g/mol. The van der Waals surface area contributed by atoms with Gasteiger partial charge in [-0.15, -0.1) is 0 Å². The Morgan fingerprint density at radius 1 is 1.47 bits per heavy atom. The van der Waals surface area contributed by atoms with Gasteiger partial charge in [-0.1, -0.05) is 6.07 Å². The first kappa shape index (κ1) is 11.3. The predicted molar refractivity (Wildman–Crippen MR) is 56.9 cm³/mol. The zero-order chi connectivity index (χ0) is 12.3. The summed E-state index contributed by atoms with van der Waals surface area (Å²) < 4.78 is 10.3. The largest absolute Gasteiger partial charge is 0.480 e. The Morgan fingerprint density at radius 2 is 2.24 bits per heavy atom. The monoisotopic (exact) mass is 237 g/mol. The Hall–Kier alpha value is -2.24. The molecule has 2 N–H and O–H groups in total. The van der Waals surface area contributed by atoms with Crippen LogP contribution in [0.5, 0.6) is 11.5 Å². The van der Waals surface area contributed by atoms with Gasteiger partial charge in [0.15, 0.2) is 11.5 Å². The number of nitrogens with one attached hydrogen (secondary N) is 1. The van der Waals surface area contributed by atoms with Crippen LogP contribution in [0, 0.1) is 0 Å². The maximum Gasteiger partial charge on any atom is 0.326 e. The smallest absolute Gasteiger partial charge is 0.326 e. The number of fused-ring (bicyclic) bond motifs is 1. The normalized spacial score (nSPS) is 14.1. The first-order chi connectivity index (χ1) is 8.20. The van der Waals surface area contributed by atoms with Gasteiger partial charge in [-0.3, -0.25) is 4.79 Å². The fraction of sp³-hybridized carbons (Fsp3) is 0.273. The average Bonchev–Trinajstić information content (AvgIpc) is 2.75. The molecule has 1 aromatic carbocycles. The van der Waals surface area contributed by atoms with Crippen LogP contribution in [0.3, 0.4) is 0 Å². The van der Waals surface area contributed by atoms with Crippen LogP contribution in [0.25, 0.3) is 0 Å². The summed E-state index contributed by atoms with van der Waals surface area (Å²) in [6.45, 7) is 0.174. The Balaban J connectivity index is 2.12. The molecule has 90 valence electrons. The first-order valence-electron chi connectivity index (χ1n) is 5.01. The Labute approximate surface area is 97.1 Å². The summed E-state index contributed by atoms with van der Waals surface area (Å²) >= 11 is 0. The highest BCUT2D eigenvalue weighted by Gasteiger charge is 2.19. The third kappa shape index (κ3) is 2.47. The van der Waals surface area contributed by atoms with Crippen LogP contribution < -0.4 is 14.8 Å². The number of hydrogen-bond donors (Lipinski definition) is 2. The number of carboxylic acid groups (broad SMARTS) is 1. The van der Waals surface area contributed by atoms with Gasteiger partial charge in [-0.05, 0) is 17.7 Å². The molecule has 1 atom stereocenters. The SMILES string of the molecule is O=CNC(Cc1ccc2c(c1)OCO2)C(=O)O.